The van der Waals surface area contributed by atoms with E-state index in [1.54, 1.807) is 48.9 Å². The van der Waals surface area contributed by atoms with Gasteiger partial charge in [-0.2, -0.15) is 0 Å². The highest BCUT2D eigenvalue weighted by Crippen LogP contribution is 2.34. The molecule has 0 radical (unpaired) electrons. The zero-order chi connectivity index (χ0) is 20.9. The summed E-state index contributed by atoms with van der Waals surface area (Å²) in [5.74, 6) is 0.561. The molecule has 4 rings (SSSR count). The van der Waals surface area contributed by atoms with Crippen LogP contribution in [0, 0.1) is 0 Å². The summed E-state index contributed by atoms with van der Waals surface area (Å²) in [5.41, 5.74) is 1.48. The molecular weight excluding hydrogens is 452 g/mol. The molecule has 8 nitrogen and oxygen atoms in total. The van der Waals surface area contributed by atoms with Gasteiger partial charge in [0.05, 0.1) is 5.69 Å². The molecule has 1 N–H and O–H groups in total. The first-order valence-electron chi connectivity index (χ1n) is 9.09. The molecule has 1 aliphatic heterocycles. The average Bonchev–Trinajstić information content (AvgIpc) is 2.76. The molecule has 9 heteroatoms. The number of benzene rings is 1. The number of aromatic nitrogens is 2. The third-order valence-electron chi connectivity index (χ3n) is 4.34. The van der Waals surface area contributed by atoms with E-state index in [4.69, 9.17) is 9.47 Å². The van der Waals surface area contributed by atoms with Gasteiger partial charge in [0.15, 0.2) is 18.2 Å². The molecule has 3 aromatic rings. The molecule has 0 saturated carbocycles. The number of nitrogens with zero attached hydrogens (tertiary/aromatic N) is 3. The van der Waals surface area contributed by atoms with E-state index in [1.807, 2.05) is 12.1 Å². The fourth-order valence-corrected chi connectivity index (χ4v) is 3.25. The Labute approximate surface area is 181 Å². The molecular formula is C21H17BrN4O4. The summed E-state index contributed by atoms with van der Waals surface area (Å²) in [6.45, 7) is 0.0130. The average molecular weight is 469 g/mol. The van der Waals surface area contributed by atoms with Crippen LogP contribution in [0.15, 0.2) is 65.5 Å². The zero-order valence-electron chi connectivity index (χ0n) is 15.7. The summed E-state index contributed by atoms with van der Waals surface area (Å²) < 4.78 is 12.1. The van der Waals surface area contributed by atoms with Crippen molar-refractivity contribution in [3.05, 3.63) is 71.1 Å². The van der Waals surface area contributed by atoms with Crippen molar-refractivity contribution in [3.63, 3.8) is 0 Å². The van der Waals surface area contributed by atoms with E-state index in [1.165, 1.54) is 4.90 Å². The number of amides is 2. The van der Waals surface area contributed by atoms with Crippen LogP contribution in [0.5, 0.6) is 11.5 Å². The van der Waals surface area contributed by atoms with Gasteiger partial charge in [0.2, 0.25) is 5.91 Å². The molecule has 2 amide bonds. The van der Waals surface area contributed by atoms with Crippen molar-refractivity contribution in [2.75, 3.05) is 23.4 Å². The number of carbonyl (C=O) groups excluding carboxylic acids is 2. The van der Waals surface area contributed by atoms with Gasteiger partial charge in [-0.05, 0) is 48.0 Å². The van der Waals surface area contributed by atoms with Crippen LogP contribution in [-0.2, 0) is 16.2 Å². The maximum absolute atomic E-state index is 12.7. The number of pyridine rings is 2. The number of rotatable bonds is 6. The molecule has 152 valence electrons. The largest absolute Gasteiger partial charge is 0.485 e. The van der Waals surface area contributed by atoms with Crippen LogP contribution in [0.1, 0.15) is 5.56 Å². The van der Waals surface area contributed by atoms with Crippen LogP contribution in [0.25, 0.3) is 0 Å². The van der Waals surface area contributed by atoms with Crippen LogP contribution in [0.2, 0.25) is 0 Å². The summed E-state index contributed by atoms with van der Waals surface area (Å²) in [7, 11) is 0. The SMILES string of the molecule is O=C(CN1C(=O)COc2cc(Br)ccc21)Nc1ncccc1OCc1ccncc1. The second-order valence-electron chi connectivity index (χ2n) is 6.42. The lowest BCUT2D eigenvalue weighted by molar-refractivity contribution is -0.123. The van der Waals surface area contributed by atoms with Crippen molar-refractivity contribution < 1.29 is 19.1 Å². The van der Waals surface area contributed by atoms with E-state index in [-0.39, 0.29) is 24.9 Å². The third kappa shape index (κ3) is 4.57. The predicted octanol–water partition coefficient (Wildman–Crippen LogP) is 3.18. The molecule has 1 aromatic carbocycles. The summed E-state index contributed by atoms with van der Waals surface area (Å²) in [4.78, 5) is 34.5. The first-order valence-corrected chi connectivity index (χ1v) is 9.89. The van der Waals surface area contributed by atoms with Gasteiger partial charge >= 0.3 is 0 Å². The minimum Gasteiger partial charge on any atom is -0.485 e. The normalized spacial score (nSPS) is 12.7. The van der Waals surface area contributed by atoms with E-state index in [0.29, 0.717) is 23.8 Å². The summed E-state index contributed by atoms with van der Waals surface area (Å²) in [6, 6.07) is 12.4. The second-order valence-corrected chi connectivity index (χ2v) is 7.34. The lowest BCUT2D eigenvalue weighted by Gasteiger charge is -2.29. The van der Waals surface area contributed by atoms with Crippen molar-refractivity contribution in [2.24, 2.45) is 0 Å². The molecule has 3 heterocycles. The molecule has 1 aliphatic rings. The molecule has 0 bridgehead atoms. The Bertz CT molecular complexity index is 1080. The summed E-state index contributed by atoms with van der Waals surface area (Å²) >= 11 is 3.37. The Kier molecular flexibility index (Phi) is 5.89. The Morgan fingerprint density at radius 2 is 2.03 bits per heavy atom. The molecule has 2 aromatic heterocycles. The summed E-state index contributed by atoms with van der Waals surface area (Å²) in [5, 5.41) is 2.73. The Morgan fingerprint density at radius 1 is 1.20 bits per heavy atom. The molecule has 0 fully saturated rings. The van der Waals surface area contributed by atoms with Crippen LogP contribution in [-0.4, -0.2) is 34.9 Å². The fourth-order valence-electron chi connectivity index (χ4n) is 2.91. The van der Waals surface area contributed by atoms with E-state index in [9.17, 15) is 9.59 Å². The first-order chi connectivity index (χ1) is 14.6. The lowest BCUT2D eigenvalue weighted by Crippen LogP contribution is -2.43. The lowest BCUT2D eigenvalue weighted by atomic mass is 10.2. The molecule has 0 aliphatic carbocycles. The highest BCUT2D eigenvalue weighted by atomic mass is 79.9. The molecule has 0 saturated heterocycles. The highest BCUT2D eigenvalue weighted by Gasteiger charge is 2.27. The molecule has 0 spiro atoms. The van der Waals surface area contributed by atoms with Crippen LogP contribution in [0.4, 0.5) is 11.5 Å². The van der Waals surface area contributed by atoms with Crippen LogP contribution >= 0.6 is 15.9 Å². The van der Waals surface area contributed by atoms with Crippen molar-refractivity contribution >= 4 is 39.2 Å². The molecule has 30 heavy (non-hydrogen) atoms. The number of carbonyl (C=O) groups is 2. The maximum atomic E-state index is 12.7. The number of nitrogens with one attached hydrogen (secondary N) is 1. The van der Waals surface area contributed by atoms with Gasteiger partial charge in [-0.1, -0.05) is 15.9 Å². The smallest absolute Gasteiger partial charge is 0.265 e. The van der Waals surface area contributed by atoms with E-state index >= 15 is 0 Å². The molecule has 0 unspecified atom stereocenters. The van der Waals surface area contributed by atoms with E-state index < -0.39 is 5.91 Å². The number of hydrogen-bond donors (Lipinski definition) is 1. The fraction of sp³-hybridized carbons (Fsp3) is 0.143. The van der Waals surface area contributed by atoms with Crippen LogP contribution < -0.4 is 19.7 Å². The van der Waals surface area contributed by atoms with E-state index in [0.717, 1.165) is 10.0 Å². The van der Waals surface area contributed by atoms with Crippen molar-refractivity contribution in [1.29, 1.82) is 0 Å². The maximum Gasteiger partial charge on any atom is 0.265 e. The standard InChI is InChI=1S/C21H17BrN4O4/c22-15-3-4-16-18(10-15)30-13-20(28)26(16)11-19(27)25-21-17(2-1-7-24-21)29-12-14-5-8-23-9-6-14/h1-10H,11-13H2,(H,24,25,27). The van der Waals surface area contributed by atoms with E-state index in [2.05, 4.69) is 31.2 Å². The van der Waals surface area contributed by atoms with Gasteiger partial charge in [0, 0.05) is 23.1 Å². The van der Waals surface area contributed by atoms with Crippen molar-refractivity contribution in [3.8, 4) is 11.5 Å². The quantitative estimate of drug-likeness (QED) is 0.596. The van der Waals surface area contributed by atoms with Gasteiger partial charge in [-0.3, -0.25) is 19.5 Å². The Balaban J connectivity index is 1.45. The third-order valence-corrected chi connectivity index (χ3v) is 4.83. The predicted molar refractivity (Wildman–Crippen MR) is 113 cm³/mol. The van der Waals surface area contributed by atoms with Crippen LogP contribution in [0.3, 0.4) is 0 Å². The minimum absolute atomic E-state index is 0.124. The second kappa shape index (κ2) is 8.91. The van der Waals surface area contributed by atoms with Gasteiger partial charge in [0.1, 0.15) is 18.9 Å². The number of fused-ring (bicyclic) bond motifs is 1. The van der Waals surface area contributed by atoms with Crippen molar-refractivity contribution in [1.82, 2.24) is 9.97 Å². The number of ether oxygens (including phenoxy) is 2. The van der Waals surface area contributed by atoms with Gasteiger partial charge < -0.3 is 14.8 Å². The zero-order valence-corrected chi connectivity index (χ0v) is 17.3. The number of hydrogen-bond acceptors (Lipinski definition) is 6. The van der Waals surface area contributed by atoms with Gasteiger partial charge in [-0.25, -0.2) is 4.98 Å². The Morgan fingerprint density at radius 3 is 2.87 bits per heavy atom. The minimum atomic E-state index is -0.397. The number of anilines is 2. The summed E-state index contributed by atoms with van der Waals surface area (Å²) in [6.07, 6.45) is 4.92. The monoisotopic (exact) mass is 468 g/mol. The van der Waals surface area contributed by atoms with Crippen molar-refractivity contribution in [2.45, 2.75) is 6.61 Å². The number of halogens is 1. The van der Waals surface area contributed by atoms with Gasteiger partial charge in [0.25, 0.3) is 5.91 Å². The highest BCUT2D eigenvalue weighted by molar-refractivity contribution is 9.10. The first kappa shape index (κ1) is 19.8. The molecule has 0 atom stereocenters. The topological polar surface area (TPSA) is 93.7 Å². The van der Waals surface area contributed by atoms with Gasteiger partial charge in [-0.15, -0.1) is 0 Å². The Hall–Kier alpha value is -3.46.